The van der Waals surface area contributed by atoms with E-state index in [2.05, 4.69) is 62.3 Å². The van der Waals surface area contributed by atoms with Crippen LogP contribution >= 0.6 is 0 Å². The molecule has 6 heteroatoms. The second-order valence-electron chi connectivity index (χ2n) is 10.2. The number of hydrogen-bond donors (Lipinski definition) is 0. The first-order valence-electron chi connectivity index (χ1n) is 12.8. The summed E-state index contributed by atoms with van der Waals surface area (Å²) in [5, 5.41) is 0. The third-order valence-corrected chi connectivity index (χ3v) is 18.4. The Bertz CT molecular complexity index is 352. The Kier molecular flexibility index (Phi) is 18.0. The topological polar surface area (TPSA) is 36.9 Å². The van der Waals surface area contributed by atoms with Gasteiger partial charge in [-0.05, 0) is 0 Å². The van der Waals surface area contributed by atoms with Crippen LogP contribution in [0.25, 0.3) is 0 Å². The zero-order valence-corrected chi connectivity index (χ0v) is 25.3. The molecule has 0 aromatic carbocycles. The molecular weight excluding hydrogens is 472 g/mol. The van der Waals surface area contributed by atoms with Crippen molar-refractivity contribution in [2.75, 3.05) is 19.8 Å². The molecule has 0 spiro atoms. The molecule has 0 aromatic heterocycles. The van der Waals surface area contributed by atoms with Gasteiger partial charge < -0.3 is 0 Å². The van der Waals surface area contributed by atoms with Crippen LogP contribution in [0.15, 0.2) is 0 Å². The molecule has 0 aliphatic carbocycles. The van der Waals surface area contributed by atoms with E-state index in [1.807, 2.05) is 0 Å². The average molecular weight is 526 g/mol. The van der Waals surface area contributed by atoms with E-state index in [4.69, 9.17) is 10.9 Å². The van der Waals surface area contributed by atoms with Gasteiger partial charge in [0.25, 0.3) is 0 Å². The molecule has 0 aliphatic heterocycles. The average Bonchev–Trinajstić information content (AvgIpc) is 2.70. The first-order valence-corrected chi connectivity index (χ1v) is 19.3. The van der Waals surface area contributed by atoms with Gasteiger partial charge in [-0.25, -0.2) is 0 Å². The summed E-state index contributed by atoms with van der Waals surface area (Å²) in [4.78, 5) is 0. The van der Waals surface area contributed by atoms with Crippen LogP contribution in [0, 0.1) is 17.8 Å². The molecule has 4 nitrogen and oxygen atoms in total. The van der Waals surface area contributed by atoms with Crippen molar-refractivity contribution in [2.45, 2.75) is 119 Å². The third-order valence-electron chi connectivity index (χ3n) is 5.08. The molecular formula is C24H54O4SiZr. The van der Waals surface area contributed by atoms with Crippen LogP contribution in [0.5, 0.6) is 0 Å². The van der Waals surface area contributed by atoms with Gasteiger partial charge in [-0.15, -0.1) is 0 Å². The summed E-state index contributed by atoms with van der Waals surface area (Å²) in [6.45, 7) is 22.0. The molecule has 0 N–H and O–H groups in total. The normalized spacial score (nSPS) is 13.2. The molecule has 30 heavy (non-hydrogen) atoms. The van der Waals surface area contributed by atoms with Crippen LogP contribution in [-0.2, 0) is 33.0 Å². The molecule has 0 saturated carbocycles. The molecule has 0 bridgehead atoms. The summed E-state index contributed by atoms with van der Waals surface area (Å²) in [6, 6.07) is 3.63. The van der Waals surface area contributed by atoms with Crippen LogP contribution in [-0.4, -0.2) is 28.1 Å². The van der Waals surface area contributed by atoms with Crippen LogP contribution in [0.4, 0.5) is 0 Å². The van der Waals surface area contributed by atoms with Crippen molar-refractivity contribution in [2.24, 2.45) is 17.8 Å². The van der Waals surface area contributed by atoms with Crippen molar-refractivity contribution in [3.63, 3.8) is 0 Å². The van der Waals surface area contributed by atoms with Crippen molar-refractivity contribution >= 4 is 8.32 Å². The maximum atomic E-state index is 7.27. The summed E-state index contributed by atoms with van der Waals surface area (Å²) >= 11 is -4.15. The van der Waals surface area contributed by atoms with E-state index in [1.165, 1.54) is 56.7 Å². The van der Waals surface area contributed by atoms with E-state index in [0.29, 0.717) is 37.6 Å². The summed E-state index contributed by atoms with van der Waals surface area (Å²) in [7, 11) is -1.99. The SMILES string of the molecule is CCCC[Si](CCCC)(CCCC)[O][Zr]([O]CC(C)C)([O]CC(C)C)[O]CC(C)C. The van der Waals surface area contributed by atoms with Gasteiger partial charge in [0, 0.05) is 0 Å². The van der Waals surface area contributed by atoms with E-state index >= 15 is 0 Å². The van der Waals surface area contributed by atoms with Crippen LogP contribution in [0.3, 0.4) is 0 Å². The zero-order valence-electron chi connectivity index (χ0n) is 21.9. The number of rotatable bonds is 20. The Labute approximate surface area is 197 Å². The third kappa shape index (κ3) is 14.2. The Morgan fingerprint density at radius 2 is 0.867 bits per heavy atom. The molecule has 0 saturated heterocycles. The Hall–Kier alpha value is 0.940. The minimum absolute atomic E-state index is 0.438. The molecule has 0 aliphatic rings. The van der Waals surface area contributed by atoms with E-state index in [0.717, 1.165) is 0 Å². The molecule has 0 atom stereocenters. The molecule has 0 unspecified atom stereocenters. The van der Waals surface area contributed by atoms with Gasteiger partial charge >= 0.3 is 198 Å². The van der Waals surface area contributed by atoms with Crippen LogP contribution in [0.1, 0.15) is 101 Å². The molecule has 0 rings (SSSR count). The molecule has 182 valence electrons. The standard InChI is InChI=1S/C12H27OSi.3C4H9O.Zr/c1-4-7-10-14(13,11-8-5-2)12-9-6-3;3*1-4(2)3-5;/h4-12H2,1-3H3;3*4H,3H2,1-2H3;/q4*-1;+4. The maximum absolute atomic E-state index is 7.27. The molecule has 0 heterocycles. The second-order valence-corrected chi connectivity index (χ2v) is 20.4. The fraction of sp³-hybridized carbons (Fsp3) is 1.00. The fourth-order valence-corrected chi connectivity index (χ4v) is 20.1. The summed E-state index contributed by atoms with van der Waals surface area (Å²) < 4.78 is 27.0. The Morgan fingerprint density at radius 1 is 0.567 bits per heavy atom. The van der Waals surface area contributed by atoms with Crippen molar-refractivity contribution < 1.29 is 33.0 Å². The number of unbranched alkanes of at least 4 members (excludes halogenated alkanes) is 3. The van der Waals surface area contributed by atoms with Gasteiger partial charge in [-0.3, -0.25) is 0 Å². The number of hydrogen-bond acceptors (Lipinski definition) is 4. The van der Waals surface area contributed by atoms with Crippen molar-refractivity contribution in [3.8, 4) is 0 Å². The zero-order chi connectivity index (χ0) is 23.0. The summed E-state index contributed by atoms with van der Waals surface area (Å²) in [5.74, 6) is 1.31. The Balaban J connectivity index is 5.96. The molecule has 0 aromatic rings. The molecule has 0 radical (unpaired) electrons. The second kappa shape index (κ2) is 17.4. The Morgan fingerprint density at radius 3 is 1.10 bits per heavy atom. The van der Waals surface area contributed by atoms with Crippen molar-refractivity contribution in [1.82, 2.24) is 0 Å². The summed E-state index contributed by atoms with van der Waals surface area (Å²) in [5.41, 5.74) is 0. The van der Waals surface area contributed by atoms with Gasteiger partial charge in [-0.2, -0.15) is 0 Å². The predicted molar refractivity (Wildman–Crippen MR) is 128 cm³/mol. The first-order chi connectivity index (χ1) is 14.1. The summed E-state index contributed by atoms with van der Waals surface area (Å²) in [6.07, 6.45) is 7.35. The van der Waals surface area contributed by atoms with Gasteiger partial charge in [-0.1, -0.05) is 0 Å². The van der Waals surface area contributed by atoms with Crippen molar-refractivity contribution in [3.05, 3.63) is 0 Å². The van der Waals surface area contributed by atoms with E-state index in [9.17, 15) is 0 Å². The predicted octanol–water partition coefficient (Wildman–Crippen LogP) is 8.18. The van der Waals surface area contributed by atoms with Gasteiger partial charge in [0.05, 0.1) is 0 Å². The molecule has 0 amide bonds. The quantitative estimate of drug-likeness (QED) is 0.150. The molecule has 0 fully saturated rings. The van der Waals surface area contributed by atoms with Gasteiger partial charge in [0.15, 0.2) is 0 Å². The van der Waals surface area contributed by atoms with E-state index < -0.39 is 30.3 Å². The minimum atomic E-state index is -4.15. The van der Waals surface area contributed by atoms with Crippen LogP contribution in [0.2, 0.25) is 18.1 Å². The van der Waals surface area contributed by atoms with Crippen LogP contribution < -0.4 is 0 Å². The first kappa shape index (κ1) is 30.9. The van der Waals surface area contributed by atoms with Gasteiger partial charge in [0.1, 0.15) is 0 Å². The van der Waals surface area contributed by atoms with E-state index in [-0.39, 0.29) is 0 Å². The van der Waals surface area contributed by atoms with Gasteiger partial charge in [0.2, 0.25) is 0 Å². The van der Waals surface area contributed by atoms with E-state index in [1.54, 1.807) is 0 Å². The van der Waals surface area contributed by atoms with Crippen molar-refractivity contribution in [1.29, 1.82) is 0 Å². The monoisotopic (exact) mass is 524 g/mol. The fourth-order valence-electron chi connectivity index (χ4n) is 3.31.